The average Bonchev–Trinajstić information content (AvgIpc) is 2.71. The number of ether oxygens (including phenoxy) is 1. The highest BCUT2D eigenvalue weighted by Gasteiger charge is 2.40. The molecule has 0 aliphatic heterocycles. The van der Waals surface area contributed by atoms with Gasteiger partial charge in [0, 0.05) is 12.6 Å². The summed E-state index contributed by atoms with van der Waals surface area (Å²) in [5.41, 5.74) is -0.00926. The number of rotatable bonds is 5. The summed E-state index contributed by atoms with van der Waals surface area (Å²) in [6, 6.07) is 0.525. The lowest BCUT2D eigenvalue weighted by Gasteiger charge is -2.34. The molecule has 0 aromatic carbocycles. The monoisotopic (exact) mass is 171 g/mol. The minimum Gasteiger partial charge on any atom is -0.374 e. The van der Waals surface area contributed by atoms with E-state index in [1.807, 2.05) is 7.05 Å². The Morgan fingerprint density at radius 3 is 2.42 bits per heavy atom. The molecule has 1 N–H and O–H groups in total. The molecule has 0 aromatic rings. The molecule has 2 heteroatoms. The Morgan fingerprint density at radius 2 is 2.08 bits per heavy atom. The van der Waals surface area contributed by atoms with Crippen molar-refractivity contribution in [3.63, 3.8) is 0 Å². The van der Waals surface area contributed by atoms with E-state index in [4.69, 9.17) is 4.74 Å². The SMILES string of the molecule is CCOC(C)(C)C(NC)C1CC1. The number of hydrogen-bond acceptors (Lipinski definition) is 2. The predicted octanol–water partition coefficient (Wildman–Crippen LogP) is 1.80. The highest BCUT2D eigenvalue weighted by molar-refractivity contribution is 4.96. The van der Waals surface area contributed by atoms with Crippen molar-refractivity contribution in [3.05, 3.63) is 0 Å². The van der Waals surface area contributed by atoms with E-state index >= 15 is 0 Å². The molecule has 72 valence electrons. The van der Waals surface area contributed by atoms with Gasteiger partial charge in [0.25, 0.3) is 0 Å². The third kappa shape index (κ3) is 2.20. The summed E-state index contributed by atoms with van der Waals surface area (Å²) in [6.07, 6.45) is 2.73. The van der Waals surface area contributed by atoms with Crippen LogP contribution in [0, 0.1) is 5.92 Å². The molecule has 0 heterocycles. The first kappa shape index (κ1) is 10.0. The summed E-state index contributed by atoms with van der Waals surface area (Å²) in [4.78, 5) is 0. The van der Waals surface area contributed by atoms with Gasteiger partial charge in [-0.2, -0.15) is 0 Å². The summed E-state index contributed by atoms with van der Waals surface area (Å²) in [5, 5.41) is 3.36. The van der Waals surface area contributed by atoms with E-state index < -0.39 is 0 Å². The fourth-order valence-corrected chi connectivity index (χ4v) is 2.04. The highest BCUT2D eigenvalue weighted by Crippen LogP contribution is 2.38. The van der Waals surface area contributed by atoms with Crippen molar-refractivity contribution in [2.45, 2.75) is 45.3 Å². The maximum absolute atomic E-state index is 5.72. The van der Waals surface area contributed by atoms with Gasteiger partial charge >= 0.3 is 0 Å². The molecule has 1 atom stereocenters. The van der Waals surface area contributed by atoms with Crippen LogP contribution in [0.25, 0.3) is 0 Å². The summed E-state index contributed by atoms with van der Waals surface area (Å²) < 4.78 is 5.72. The molecule has 1 aliphatic carbocycles. The second kappa shape index (κ2) is 3.75. The van der Waals surface area contributed by atoms with Gasteiger partial charge in [0.2, 0.25) is 0 Å². The Balaban J connectivity index is 2.49. The zero-order valence-electron chi connectivity index (χ0n) is 8.68. The van der Waals surface area contributed by atoms with Crippen molar-refractivity contribution in [1.29, 1.82) is 0 Å². The second-order valence-electron chi connectivity index (χ2n) is 4.14. The quantitative estimate of drug-likeness (QED) is 0.681. The van der Waals surface area contributed by atoms with Crippen LogP contribution >= 0.6 is 0 Å². The molecule has 0 saturated heterocycles. The lowest BCUT2D eigenvalue weighted by Crippen LogP contribution is -2.48. The molecule has 1 rings (SSSR count). The fourth-order valence-electron chi connectivity index (χ4n) is 2.04. The number of hydrogen-bond donors (Lipinski definition) is 1. The number of nitrogens with one attached hydrogen (secondary N) is 1. The minimum absolute atomic E-state index is 0.00926. The van der Waals surface area contributed by atoms with Crippen LogP contribution in [0.3, 0.4) is 0 Å². The summed E-state index contributed by atoms with van der Waals surface area (Å²) >= 11 is 0. The Hall–Kier alpha value is -0.0800. The van der Waals surface area contributed by atoms with Crippen molar-refractivity contribution >= 4 is 0 Å². The van der Waals surface area contributed by atoms with Crippen LogP contribution in [-0.4, -0.2) is 25.3 Å². The van der Waals surface area contributed by atoms with Crippen LogP contribution < -0.4 is 5.32 Å². The zero-order chi connectivity index (χ0) is 9.19. The van der Waals surface area contributed by atoms with Crippen LogP contribution in [0.5, 0.6) is 0 Å². The van der Waals surface area contributed by atoms with E-state index in [0.29, 0.717) is 6.04 Å². The van der Waals surface area contributed by atoms with Gasteiger partial charge in [0.05, 0.1) is 5.60 Å². The molecule has 0 amide bonds. The molecule has 1 unspecified atom stereocenters. The topological polar surface area (TPSA) is 21.3 Å². The molecule has 1 saturated carbocycles. The van der Waals surface area contributed by atoms with Gasteiger partial charge in [0.1, 0.15) is 0 Å². The van der Waals surface area contributed by atoms with Crippen LogP contribution in [0.15, 0.2) is 0 Å². The van der Waals surface area contributed by atoms with Gasteiger partial charge in [-0.1, -0.05) is 0 Å². The Kier molecular flexibility index (Phi) is 3.13. The summed E-state index contributed by atoms with van der Waals surface area (Å²) in [5.74, 6) is 0.844. The first-order chi connectivity index (χ1) is 5.61. The van der Waals surface area contributed by atoms with Crippen molar-refractivity contribution in [2.24, 2.45) is 5.92 Å². The molecule has 0 bridgehead atoms. The summed E-state index contributed by atoms with van der Waals surface area (Å²) in [7, 11) is 2.03. The Bertz CT molecular complexity index is 141. The first-order valence-electron chi connectivity index (χ1n) is 4.93. The van der Waals surface area contributed by atoms with Crippen LogP contribution in [0.2, 0.25) is 0 Å². The van der Waals surface area contributed by atoms with Crippen molar-refractivity contribution in [3.8, 4) is 0 Å². The third-order valence-corrected chi connectivity index (χ3v) is 2.67. The Morgan fingerprint density at radius 1 is 1.50 bits per heavy atom. The van der Waals surface area contributed by atoms with Crippen molar-refractivity contribution in [1.82, 2.24) is 5.32 Å². The highest BCUT2D eigenvalue weighted by atomic mass is 16.5. The molecule has 0 radical (unpaired) electrons. The summed E-state index contributed by atoms with van der Waals surface area (Å²) in [6.45, 7) is 7.21. The van der Waals surface area contributed by atoms with Crippen molar-refractivity contribution in [2.75, 3.05) is 13.7 Å². The molecule has 1 fully saturated rings. The van der Waals surface area contributed by atoms with E-state index in [1.165, 1.54) is 12.8 Å². The molecule has 0 aromatic heterocycles. The Labute approximate surface area is 75.7 Å². The number of likely N-dealkylation sites (N-methyl/N-ethyl adjacent to an activating group) is 1. The lowest BCUT2D eigenvalue weighted by atomic mass is 9.94. The average molecular weight is 171 g/mol. The van der Waals surface area contributed by atoms with Crippen LogP contribution in [0.4, 0.5) is 0 Å². The molecule has 1 aliphatic rings. The normalized spacial score (nSPS) is 21.0. The van der Waals surface area contributed by atoms with E-state index in [-0.39, 0.29) is 5.60 Å². The van der Waals surface area contributed by atoms with Gasteiger partial charge in [0.15, 0.2) is 0 Å². The molecule has 0 spiro atoms. The van der Waals surface area contributed by atoms with Gasteiger partial charge in [-0.15, -0.1) is 0 Å². The van der Waals surface area contributed by atoms with Gasteiger partial charge in [-0.25, -0.2) is 0 Å². The largest absolute Gasteiger partial charge is 0.374 e. The standard InChI is InChI=1S/C10H21NO/c1-5-12-10(2,3)9(11-4)8-6-7-8/h8-9,11H,5-7H2,1-4H3. The van der Waals surface area contributed by atoms with E-state index in [1.54, 1.807) is 0 Å². The fraction of sp³-hybridized carbons (Fsp3) is 1.00. The molecule has 2 nitrogen and oxygen atoms in total. The van der Waals surface area contributed by atoms with Crippen LogP contribution in [-0.2, 0) is 4.74 Å². The first-order valence-corrected chi connectivity index (χ1v) is 4.93. The molecule has 12 heavy (non-hydrogen) atoms. The van der Waals surface area contributed by atoms with Gasteiger partial charge in [-0.05, 0) is 46.6 Å². The van der Waals surface area contributed by atoms with Crippen LogP contribution in [0.1, 0.15) is 33.6 Å². The van der Waals surface area contributed by atoms with Crippen molar-refractivity contribution < 1.29 is 4.74 Å². The smallest absolute Gasteiger partial charge is 0.0781 e. The lowest BCUT2D eigenvalue weighted by molar-refractivity contribution is -0.0418. The molecular weight excluding hydrogens is 150 g/mol. The van der Waals surface area contributed by atoms with Gasteiger partial charge in [-0.3, -0.25) is 0 Å². The van der Waals surface area contributed by atoms with E-state index in [2.05, 4.69) is 26.1 Å². The minimum atomic E-state index is -0.00926. The second-order valence-corrected chi connectivity index (χ2v) is 4.14. The third-order valence-electron chi connectivity index (χ3n) is 2.67. The molecular formula is C10H21NO. The van der Waals surface area contributed by atoms with Gasteiger partial charge < -0.3 is 10.1 Å². The predicted molar refractivity (Wildman–Crippen MR) is 51.3 cm³/mol. The maximum atomic E-state index is 5.72. The van der Waals surface area contributed by atoms with E-state index in [9.17, 15) is 0 Å². The maximum Gasteiger partial charge on any atom is 0.0781 e. The zero-order valence-corrected chi connectivity index (χ0v) is 8.68. The van der Waals surface area contributed by atoms with E-state index in [0.717, 1.165) is 12.5 Å².